The molecular weight excluding hydrogens is 244 g/mol. The largest absolute Gasteiger partial charge is 0.326 e. The van der Waals surface area contributed by atoms with E-state index in [1.165, 1.54) is 11.3 Å². The molecule has 16 heavy (non-hydrogen) atoms. The van der Waals surface area contributed by atoms with E-state index in [2.05, 4.69) is 4.72 Å². The molecule has 0 aliphatic carbocycles. The highest BCUT2D eigenvalue weighted by molar-refractivity contribution is 7.91. The smallest absolute Gasteiger partial charge is 0.250 e. The average molecular weight is 262 g/mol. The first-order chi connectivity index (χ1) is 7.33. The van der Waals surface area contributed by atoms with E-state index >= 15 is 0 Å². The summed E-state index contributed by atoms with van der Waals surface area (Å²) in [6.07, 6.45) is 0. The normalized spacial score (nSPS) is 14.3. The summed E-state index contributed by atoms with van der Waals surface area (Å²) in [5.74, 6) is 0.257. The predicted octanol–water partition coefficient (Wildman–Crippen LogP) is 1.32. The van der Waals surface area contributed by atoms with E-state index in [1.54, 1.807) is 12.1 Å². The lowest BCUT2D eigenvalue weighted by Crippen LogP contribution is -2.40. The molecule has 0 radical (unpaired) electrons. The Morgan fingerprint density at radius 3 is 2.50 bits per heavy atom. The first-order valence-corrected chi connectivity index (χ1v) is 7.44. The summed E-state index contributed by atoms with van der Waals surface area (Å²) in [7, 11) is -3.38. The van der Waals surface area contributed by atoms with Crippen LogP contribution in [-0.4, -0.2) is 21.0 Å². The molecule has 0 aliphatic heterocycles. The van der Waals surface area contributed by atoms with Crippen LogP contribution in [0.1, 0.15) is 18.7 Å². The van der Waals surface area contributed by atoms with Gasteiger partial charge in [0.05, 0.1) is 0 Å². The number of rotatable bonds is 5. The lowest BCUT2D eigenvalue weighted by molar-refractivity contribution is 0.482. The van der Waals surface area contributed by atoms with Crippen LogP contribution in [0, 0.1) is 12.8 Å². The lowest BCUT2D eigenvalue weighted by atomic mass is 10.1. The average Bonchev–Trinajstić information content (AvgIpc) is 2.61. The first-order valence-electron chi connectivity index (χ1n) is 5.14. The van der Waals surface area contributed by atoms with Gasteiger partial charge in [-0.2, -0.15) is 0 Å². The van der Waals surface area contributed by atoms with Crippen LogP contribution < -0.4 is 10.5 Å². The van der Waals surface area contributed by atoms with Gasteiger partial charge in [-0.3, -0.25) is 0 Å². The fraction of sp³-hybridized carbons (Fsp3) is 0.600. The molecule has 0 bridgehead atoms. The second kappa shape index (κ2) is 5.27. The van der Waals surface area contributed by atoms with Crippen molar-refractivity contribution in [1.82, 2.24) is 4.72 Å². The SMILES string of the molecule is Cc1ccc(S(=O)(=O)NCC(N)C(C)C)s1. The topological polar surface area (TPSA) is 72.2 Å². The molecule has 1 atom stereocenters. The van der Waals surface area contributed by atoms with Crippen LogP contribution in [0.2, 0.25) is 0 Å². The fourth-order valence-electron chi connectivity index (χ4n) is 1.07. The molecule has 3 N–H and O–H groups in total. The standard InChI is InChI=1S/C10H18N2O2S2/c1-7(2)9(11)6-12-16(13,14)10-5-4-8(3)15-10/h4-5,7,9,12H,6,11H2,1-3H3. The van der Waals surface area contributed by atoms with E-state index < -0.39 is 10.0 Å². The van der Waals surface area contributed by atoms with E-state index in [9.17, 15) is 8.42 Å². The van der Waals surface area contributed by atoms with Crippen LogP contribution in [0.15, 0.2) is 16.3 Å². The molecule has 0 amide bonds. The number of hydrogen-bond acceptors (Lipinski definition) is 4. The Hall–Kier alpha value is -0.430. The number of nitrogens with two attached hydrogens (primary N) is 1. The number of sulfonamides is 1. The van der Waals surface area contributed by atoms with Gasteiger partial charge < -0.3 is 5.73 Å². The second-order valence-electron chi connectivity index (χ2n) is 4.12. The third-order valence-corrected chi connectivity index (χ3v) is 5.26. The van der Waals surface area contributed by atoms with Crippen molar-refractivity contribution in [1.29, 1.82) is 0 Å². The monoisotopic (exact) mass is 262 g/mol. The van der Waals surface area contributed by atoms with Crippen molar-refractivity contribution in [3.8, 4) is 0 Å². The van der Waals surface area contributed by atoms with Gasteiger partial charge in [0.2, 0.25) is 10.0 Å². The zero-order valence-electron chi connectivity index (χ0n) is 9.73. The van der Waals surface area contributed by atoms with Crippen molar-refractivity contribution in [3.63, 3.8) is 0 Å². The molecule has 1 aromatic heterocycles. The summed E-state index contributed by atoms with van der Waals surface area (Å²) >= 11 is 1.26. The van der Waals surface area contributed by atoms with Crippen LogP contribution in [0.4, 0.5) is 0 Å². The molecule has 4 nitrogen and oxygen atoms in total. The number of hydrogen-bond donors (Lipinski definition) is 2. The molecule has 1 aromatic rings. The van der Waals surface area contributed by atoms with Gasteiger partial charge in [-0.25, -0.2) is 13.1 Å². The van der Waals surface area contributed by atoms with Crippen LogP contribution >= 0.6 is 11.3 Å². The maximum Gasteiger partial charge on any atom is 0.250 e. The zero-order valence-corrected chi connectivity index (χ0v) is 11.4. The lowest BCUT2D eigenvalue weighted by Gasteiger charge is -2.15. The molecule has 1 rings (SSSR count). The Bertz CT molecular complexity index is 437. The minimum absolute atomic E-state index is 0.157. The second-order valence-corrected chi connectivity index (χ2v) is 7.41. The van der Waals surface area contributed by atoms with E-state index in [1.807, 2.05) is 20.8 Å². The Balaban J connectivity index is 2.67. The minimum Gasteiger partial charge on any atom is -0.326 e. The molecule has 0 saturated carbocycles. The van der Waals surface area contributed by atoms with E-state index in [4.69, 9.17) is 5.73 Å². The quantitative estimate of drug-likeness (QED) is 0.840. The van der Waals surface area contributed by atoms with Crippen molar-refractivity contribution in [2.24, 2.45) is 11.7 Å². The highest BCUT2D eigenvalue weighted by Gasteiger charge is 2.18. The van der Waals surface area contributed by atoms with Crippen molar-refractivity contribution in [3.05, 3.63) is 17.0 Å². The van der Waals surface area contributed by atoms with Gasteiger partial charge in [0, 0.05) is 17.5 Å². The van der Waals surface area contributed by atoms with Crippen LogP contribution in [0.5, 0.6) is 0 Å². The molecule has 0 fully saturated rings. The highest BCUT2D eigenvalue weighted by Crippen LogP contribution is 2.20. The maximum atomic E-state index is 11.8. The third kappa shape index (κ3) is 3.55. The summed E-state index contributed by atoms with van der Waals surface area (Å²) in [5, 5.41) is 0. The van der Waals surface area contributed by atoms with E-state index in [0.29, 0.717) is 4.21 Å². The summed E-state index contributed by atoms with van der Waals surface area (Å²) in [6, 6.07) is 3.25. The molecule has 1 heterocycles. The van der Waals surface area contributed by atoms with Gasteiger partial charge in [0.25, 0.3) is 0 Å². The molecule has 0 aliphatic rings. The Labute approximate surface area is 101 Å². The van der Waals surface area contributed by atoms with Gasteiger partial charge in [-0.1, -0.05) is 13.8 Å². The van der Waals surface area contributed by atoms with Gasteiger partial charge in [-0.15, -0.1) is 11.3 Å². The van der Waals surface area contributed by atoms with Crippen molar-refractivity contribution in [2.75, 3.05) is 6.54 Å². The maximum absolute atomic E-state index is 11.8. The number of nitrogens with one attached hydrogen (secondary N) is 1. The summed E-state index contributed by atoms with van der Waals surface area (Å²) in [4.78, 5) is 0.980. The van der Waals surface area contributed by atoms with E-state index in [0.717, 1.165) is 4.88 Å². The van der Waals surface area contributed by atoms with Crippen molar-refractivity contribution < 1.29 is 8.42 Å². The molecule has 92 valence electrons. The Morgan fingerprint density at radius 1 is 1.44 bits per heavy atom. The Kier molecular flexibility index (Phi) is 4.49. The van der Waals surface area contributed by atoms with Gasteiger partial charge in [0.15, 0.2) is 0 Å². The highest BCUT2D eigenvalue weighted by atomic mass is 32.2. The zero-order chi connectivity index (χ0) is 12.3. The molecule has 6 heteroatoms. The van der Waals surface area contributed by atoms with Crippen molar-refractivity contribution in [2.45, 2.75) is 31.0 Å². The molecule has 0 spiro atoms. The van der Waals surface area contributed by atoms with Gasteiger partial charge in [0.1, 0.15) is 4.21 Å². The summed E-state index contributed by atoms with van der Waals surface area (Å²) in [6.45, 7) is 6.09. The van der Waals surface area contributed by atoms with E-state index in [-0.39, 0.29) is 18.5 Å². The van der Waals surface area contributed by atoms with Gasteiger partial charge >= 0.3 is 0 Å². The minimum atomic E-state index is -3.38. The number of thiophene rings is 1. The van der Waals surface area contributed by atoms with Crippen LogP contribution in [-0.2, 0) is 10.0 Å². The third-order valence-electron chi connectivity index (χ3n) is 2.35. The van der Waals surface area contributed by atoms with Crippen LogP contribution in [0.25, 0.3) is 0 Å². The predicted molar refractivity (Wildman–Crippen MR) is 67.1 cm³/mol. The van der Waals surface area contributed by atoms with Crippen molar-refractivity contribution >= 4 is 21.4 Å². The molecule has 1 unspecified atom stereocenters. The number of aryl methyl sites for hydroxylation is 1. The van der Waals surface area contributed by atoms with Crippen LogP contribution in [0.3, 0.4) is 0 Å². The molecular formula is C10H18N2O2S2. The summed E-state index contributed by atoms with van der Waals surface area (Å²) < 4.78 is 26.5. The fourth-order valence-corrected chi connectivity index (χ4v) is 3.47. The van der Waals surface area contributed by atoms with Gasteiger partial charge in [-0.05, 0) is 25.0 Å². The first kappa shape index (κ1) is 13.6. The Morgan fingerprint density at radius 2 is 2.06 bits per heavy atom. The summed E-state index contributed by atoms with van der Waals surface area (Å²) in [5.41, 5.74) is 5.78. The molecule has 0 aromatic carbocycles. The molecule has 0 saturated heterocycles.